The minimum absolute atomic E-state index is 0.0692. The summed E-state index contributed by atoms with van der Waals surface area (Å²) in [6, 6.07) is 4.09. The van der Waals surface area contributed by atoms with E-state index in [1.165, 1.54) is 0 Å². The van der Waals surface area contributed by atoms with E-state index in [1.54, 1.807) is 9.19 Å². The van der Waals surface area contributed by atoms with Crippen LogP contribution in [0.1, 0.15) is 52.9 Å². The fraction of sp³-hybridized carbons (Fsp3) is 0.571. The molecular formula is C14H22BN4. The fourth-order valence-electron chi connectivity index (χ4n) is 1.73. The van der Waals surface area contributed by atoms with Crippen molar-refractivity contribution < 1.29 is 0 Å². The summed E-state index contributed by atoms with van der Waals surface area (Å²) in [6.45, 7) is 12.9. The number of rotatable bonds is 2. The third-order valence-electron chi connectivity index (χ3n) is 2.99. The summed E-state index contributed by atoms with van der Waals surface area (Å²) >= 11 is 0. The Bertz CT molecular complexity index is 504. The Morgan fingerprint density at radius 2 is 1.16 bits per heavy atom. The highest BCUT2D eigenvalue weighted by Crippen LogP contribution is 2.20. The lowest BCUT2D eigenvalue weighted by atomic mass is 9.93. The number of nitrogens with zero attached hydrogens (tertiary/aromatic N) is 4. The fourth-order valence-corrected chi connectivity index (χ4v) is 1.73. The summed E-state index contributed by atoms with van der Waals surface area (Å²) in [5.41, 5.74) is 2.29. The van der Waals surface area contributed by atoms with Gasteiger partial charge in [0, 0.05) is 23.2 Å². The molecule has 2 rings (SSSR count). The second kappa shape index (κ2) is 4.55. The first-order valence-corrected chi connectivity index (χ1v) is 6.62. The minimum Gasteiger partial charge on any atom is -0.292 e. The van der Waals surface area contributed by atoms with Gasteiger partial charge in [-0.3, -0.25) is 9.19 Å². The van der Waals surface area contributed by atoms with Crippen molar-refractivity contribution >= 4 is 7.55 Å². The molecule has 0 bridgehead atoms. The summed E-state index contributed by atoms with van der Waals surface area (Å²) in [7, 11) is 1.88. The lowest BCUT2D eigenvalue weighted by Gasteiger charge is -2.14. The third-order valence-corrected chi connectivity index (χ3v) is 2.99. The van der Waals surface area contributed by atoms with Crippen molar-refractivity contribution in [1.29, 1.82) is 0 Å². The van der Waals surface area contributed by atoms with E-state index in [9.17, 15) is 0 Å². The van der Waals surface area contributed by atoms with E-state index < -0.39 is 0 Å². The largest absolute Gasteiger partial charge is 0.436 e. The summed E-state index contributed by atoms with van der Waals surface area (Å²) in [5.74, 6) is 0. The average molecular weight is 257 g/mol. The van der Waals surface area contributed by atoms with Crippen molar-refractivity contribution in [3.8, 4) is 0 Å². The van der Waals surface area contributed by atoms with Gasteiger partial charge in [0.05, 0.1) is 11.4 Å². The van der Waals surface area contributed by atoms with Gasteiger partial charge < -0.3 is 0 Å². The highest BCUT2D eigenvalue weighted by molar-refractivity contribution is 6.30. The predicted molar refractivity (Wildman–Crippen MR) is 78.4 cm³/mol. The number of hydrogen-bond acceptors (Lipinski definition) is 2. The molecule has 0 saturated heterocycles. The highest BCUT2D eigenvalue weighted by atomic mass is 15.3. The van der Waals surface area contributed by atoms with Gasteiger partial charge in [-0.25, -0.2) is 0 Å². The van der Waals surface area contributed by atoms with Gasteiger partial charge in [-0.1, -0.05) is 41.5 Å². The number of aromatic nitrogens is 4. The van der Waals surface area contributed by atoms with Crippen molar-refractivity contribution in [1.82, 2.24) is 19.4 Å². The van der Waals surface area contributed by atoms with E-state index in [-0.39, 0.29) is 10.8 Å². The Morgan fingerprint density at radius 1 is 0.789 bits per heavy atom. The second-order valence-corrected chi connectivity index (χ2v) is 6.98. The SMILES string of the molecule is CC(C)(C)c1ccn([B]n2ccc(C(C)(C)C)n2)n1. The van der Waals surface area contributed by atoms with Gasteiger partial charge in [-0.15, -0.1) is 0 Å². The molecule has 1 radical (unpaired) electrons. The molecule has 4 nitrogen and oxygen atoms in total. The quantitative estimate of drug-likeness (QED) is 0.775. The van der Waals surface area contributed by atoms with Gasteiger partial charge in [0.1, 0.15) is 0 Å². The third kappa shape index (κ3) is 3.28. The zero-order valence-electron chi connectivity index (χ0n) is 12.7. The van der Waals surface area contributed by atoms with E-state index in [0.717, 1.165) is 11.4 Å². The predicted octanol–water partition coefficient (Wildman–Crippen LogP) is 2.61. The van der Waals surface area contributed by atoms with Crippen LogP contribution >= 0.6 is 0 Å². The average Bonchev–Trinajstić information content (AvgIpc) is 2.84. The van der Waals surface area contributed by atoms with E-state index in [0.29, 0.717) is 0 Å². The molecule has 0 amide bonds. The first-order chi connectivity index (χ1) is 8.66. The smallest absolute Gasteiger partial charge is 0.292 e. The van der Waals surface area contributed by atoms with Crippen molar-refractivity contribution in [2.24, 2.45) is 0 Å². The molecule has 101 valence electrons. The molecule has 2 heterocycles. The molecule has 0 aliphatic rings. The van der Waals surface area contributed by atoms with Crippen LogP contribution in [-0.4, -0.2) is 26.9 Å². The molecule has 2 aromatic rings. The Kier molecular flexibility index (Phi) is 3.33. The molecule has 0 saturated carbocycles. The van der Waals surface area contributed by atoms with Crippen LogP contribution in [0.2, 0.25) is 0 Å². The zero-order chi connectivity index (χ0) is 14.3. The lowest BCUT2D eigenvalue weighted by Crippen LogP contribution is -2.21. The molecule has 0 N–H and O–H groups in total. The van der Waals surface area contributed by atoms with Gasteiger partial charge in [0.25, 0.3) is 0 Å². The topological polar surface area (TPSA) is 35.6 Å². The molecule has 0 aromatic carbocycles. The molecule has 0 fully saturated rings. The van der Waals surface area contributed by atoms with Crippen LogP contribution < -0.4 is 0 Å². The first kappa shape index (κ1) is 13.9. The zero-order valence-corrected chi connectivity index (χ0v) is 12.7. The lowest BCUT2D eigenvalue weighted by molar-refractivity contribution is 0.559. The second-order valence-electron chi connectivity index (χ2n) is 6.98. The highest BCUT2D eigenvalue weighted by Gasteiger charge is 2.19. The van der Waals surface area contributed by atoms with Crippen molar-refractivity contribution in [2.75, 3.05) is 0 Å². The first-order valence-electron chi connectivity index (χ1n) is 6.62. The van der Waals surface area contributed by atoms with Gasteiger partial charge in [-0.05, 0) is 12.1 Å². The van der Waals surface area contributed by atoms with E-state index in [1.807, 2.05) is 32.1 Å². The van der Waals surface area contributed by atoms with Crippen molar-refractivity contribution in [2.45, 2.75) is 52.4 Å². The Morgan fingerprint density at radius 3 is 1.42 bits per heavy atom. The maximum absolute atomic E-state index is 4.55. The Hall–Kier alpha value is -1.52. The van der Waals surface area contributed by atoms with Crippen LogP contribution in [0.15, 0.2) is 24.5 Å². The van der Waals surface area contributed by atoms with Gasteiger partial charge >= 0.3 is 7.55 Å². The van der Waals surface area contributed by atoms with Gasteiger partial charge in [0.2, 0.25) is 0 Å². The molecule has 19 heavy (non-hydrogen) atoms. The molecule has 0 atom stereocenters. The summed E-state index contributed by atoms with van der Waals surface area (Å²) in [4.78, 5) is 0. The van der Waals surface area contributed by atoms with E-state index in [2.05, 4.69) is 51.7 Å². The molecular weight excluding hydrogens is 235 g/mol. The maximum Gasteiger partial charge on any atom is 0.436 e. The molecule has 0 unspecified atom stereocenters. The monoisotopic (exact) mass is 257 g/mol. The van der Waals surface area contributed by atoms with Crippen molar-refractivity contribution in [3.05, 3.63) is 35.9 Å². The van der Waals surface area contributed by atoms with Crippen LogP contribution in [0, 0.1) is 0 Å². The molecule has 0 spiro atoms. The normalized spacial score (nSPS) is 12.7. The van der Waals surface area contributed by atoms with Crippen molar-refractivity contribution in [3.63, 3.8) is 0 Å². The molecule has 0 aliphatic carbocycles. The van der Waals surface area contributed by atoms with Crippen LogP contribution in [0.3, 0.4) is 0 Å². The van der Waals surface area contributed by atoms with E-state index >= 15 is 0 Å². The van der Waals surface area contributed by atoms with Crippen LogP contribution in [0.25, 0.3) is 0 Å². The summed E-state index contributed by atoms with van der Waals surface area (Å²) in [5, 5.41) is 9.10. The van der Waals surface area contributed by atoms with E-state index in [4.69, 9.17) is 0 Å². The Labute approximate surface area is 116 Å². The van der Waals surface area contributed by atoms with Crippen LogP contribution in [0.4, 0.5) is 0 Å². The van der Waals surface area contributed by atoms with Crippen LogP contribution in [0.5, 0.6) is 0 Å². The molecule has 2 aromatic heterocycles. The molecule has 0 aliphatic heterocycles. The summed E-state index contributed by atoms with van der Waals surface area (Å²) in [6.07, 6.45) is 3.91. The summed E-state index contributed by atoms with van der Waals surface area (Å²) < 4.78 is 3.61. The maximum atomic E-state index is 4.55. The minimum atomic E-state index is 0.0692. The van der Waals surface area contributed by atoms with Crippen LogP contribution in [-0.2, 0) is 10.8 Å². The van der Waals surface area contributed by atoms with Gasteiger partial charge in [0.15, 0.2) is 0 Å². The standard InChI is InChI=1S/C14H22BN4/c1-13(2,3)11-7-9-18(16-11)15-19-10-8-12(17-19)14(4,5)6/h7-10H,1-6H3. The molecule has 5 heteroatoms. The number of hydrogen-bond donors (Lipinski definition) is 0. The Balaban J connectivity index is 2.14. The van der Waals surface area contributed by atoms with Gasteiger partial charge in [-0.2, -0.15) is 10.2 Å².